The molecule has 0 aromatic heterocycles. The number of carbonyl (C=O) groups excluding carboxylic acids is 1. The lowest BCUT2D eigenvalue weighted by molar-refractivity contribution is -0.137. The molecule has 20 heavy (non-hydrogen) atoms. The number of rotatable bonds is 8. The summed E-state index contributed by atoms with van der Waals surface area (Å²) in [5.74, 6) is -1.21. The minimum Gasteiger partial charge on any atom is -0.481 e. The number of hydrogen-bond acceptors (Lipinski definition) is 3. The van der Waals surface area contributed by atoms with E-state index in [1.54, 1.807) is 12.1 Å². The van der Waals surface area contributed by atoms with Crippen LogP contribution in [0.1, 0.15) is 42.6 Å². The summed E-state index contributed by atoms with van der Waals surface area (Å²) in [6, 6.07) is 7.54. The molecule has 0 saturated carbocycles. The first kappa shape index (κ1) is 16.2. The third-order valence-corrected chi connectivity index (χ3v) is 3.16. The monoisotopic (exact) mass is 278 g/mol. The van der Waals surface area contributed by atoms with Crippen molar-refractivity contribution in [3.63, 3.8) is 0 Å². The van der Waals surface area contributed by atoms with E-state index >= 15 is 0 Å². The molecule has 1 rings (SSSR count). The van der Waals surface area contributed by atoms with Crippen molar-refractivity contribution in [2.24, 2.45) is 5.73 Å². The van der Waals surface area contributed by atoms with Gasteiger partial charge in [0.1, 0.15) is 0 Å². The standard InChI is InChI=1S/C15H22N2O3/c1-11(2)17(8-4-7-14(18)19)10-12-5-3-6-13(9-12)15(16)20/h3,5-6,9,11H,4,7-8,10H2,1-2H3,(H2,16,20)(H,18,19). The van der Waals surface area contributed by atoms with Crippen molar-refractivity contribution < 1.29 is 14.7 Å². The second kappa shape index (κ2) is 7.65. The lowest BCUT2D eigenvalue weighted by atomic mass is 10.1. The molecule has 0 aliphatic carbocycles. The Hall–Kier alpha value is -1.88. The first-order valence-electron chi connectivity index (χ1n) is 6.74. The molecule has 5 heteroatoms. The number of nitrogens with two attached hydrogens (primary N) is 1. The Morgan fingerprint density at radius 2 is 2.05 bits per heavy atom. The van der Waals surface area contributed by atoms with Gasteiger partial charge in [0.25, 0.3) is 0 Å². The molecule has 0 bridgehead atoms. The van der Waals surface area contributed by atoms with Gasteiger partial charge in [0, 0.05) is 24.6 Å². The molecule has 3 N–H and O–H groups in total. The quantitative estimate of drug-likeness (QED) is 0.760. The zero-order valence-electron chi connectivity index (χ0n) is 12.0. The summed E-state index contributed by atoms with van der Waals surface area (Å²) in [5.41, 5.74) is 6.77. The van der Waals surface area contributed by atoms with Gasteiger partial charge in [-0.15, -0.1) is 0 Å². The fourth-order valence-electron chi connectivity index (χ4n) is 2.01. The Bertz CT molecular complexity index is 472. The minimum absolute atomic E-state index is 0.171. The Morgan fingerprint density at radius 1 is 1.35 bits per heavy atom. The van der Waals surface area contributed by atoms with E-state index in [0.29, 0.717) is 31.1 Å². The normalized spacial score (nSPS) is 11.0. The van der Waals surface area contributed by atoms with Crippen molar-refractivity contribution in [1.29, 1.82) is 0 Å². The summed E-state index contributed by atoms with van der Waals surface area (Å²) in [5, 5.41) is 8.68. The lowest BCUT2D eigenvalue weighted by Crippen LogP contribution is -2.31. The third kappa shape index (κ3) is 5.40. The Labute approximate surface area is 119 Å². The molecular formula is C15H22N2O3. The highest BCUT2D eigenvalue weighted by Crippen LogP contribution is 2.11. The molecule has 110 valence electrons. The molecule has 0 aliphatic rings. The Kier molecular flexibility index (Phi) is 6.18. The SMILES string of the molecule is CC(C)N(CCCC(=O)O)Cc1cccc(C(N)=O)c1. The van der Waals surface area contributed by atoms with Crippen molar-refractivity contribution in [2.75, 3.05) is 6.54 Å². The molecule has 5 nitrogen and oxygen atoms in total. The number of carboxylic acids is 1. The first-order chi connectivity index (χ1) is 9.40. The molecule has 0 saturated heterocycles. The average Bonchev–Trinajstić information content (AvgIpc) is 2.37. The fraction of sp³-hybridized carbons (Fsp3) is 0.467. The van der Waals surface area contributed by atoms with E-state index in [4.69, 9.17) is 10.8 Å². The Balaban J connectivity index is 2.67. The number of aliphatic carboxylic acids is 1. The minimum atomic E-state index is -0.774. The van der Waals surface area contributed by atoms with E-state index in [-0.39, 0.29) is 6.42 Å². The molecule has 0 fully saturated rings. The summed E-state index contributed by atoms with van der Waals surface area (Å²) in [6.45, 7) is 5.53. The third-order valence-electron chi connectivity index (χ3n) is 3.16. The summed E-state index contributed by atoms with van der Waals surface area (Å²) in [4.78, 5) is 23.9. The fourth-order valence-corrected chi connectivity index (χ4v) is 2.01. The number of amides is 1. The molecule has 0 heterocycles. The predicted octanol–water partition coefficient (Wildman–Crippen LogP) is 1.86. The van der Waals surface area contributed by atoms with Crippen LogP contribution in [-0.2, 0) is 11.3 Å². The summed E-state index contributed by atoms with van der Waals surface area (Å²) in [7, 11) is 0. The lowest BCUT2D eigenvalue weighted by Gasteiger charge is -2.26. The van der Waals surface area contributed by atoms with Gasteiger partial charge in [-0.2, -0.15) is 0 Å². The molecule has 0 aliphatic heterocycles. The summed E-state index contributed by atoms with van der Waals surface area (Å²) >= 11 is 0. The number of carboxylic acid groups (broad SMARTS) is 1. The van der Waals surface area contributed by atoms with E-state index in [9.17, 15) is 9.59 Å². The zero-order valence-corrected chi connectivity index (χ0v) is 12.0. The van der Waals surface area contributed by atoms with Gasteiger partial charge in [0.2, 0.25) is 5.91 Å². The Morgan fingerprint density at radius 3 is 2.60 bits per heavy atom. The number of nitrogens with zero attached hydrogens (tertiary/aromatic N) is 1. The van der Waals surface area contributed by atoms with Crippen LogP contribution in [-0.4, -0.2) is 34.5 Å². The van der Waals surface area contributed by atoms with E-state index < -0.39 is 11.9 Å². The smallest absolute Gasteiger partial charge is 0.303 e. The van der Waals surface area contributed by atoms with Crippen LogP contribution in [0.25, 0.3) is 0 Å². The van der Waals surface area contributed by atoms with Crippen molar-refractivity contribution in [2.45, 2.75) is 39.3 Å². The van der Waals surface area contributed by atoms with Gasteiger partial charge in [-0.05, 0) is 44.5 Å². The number of carbonyl (C=O) groups is 2. The number of benzene rings is 1. The van der Waals surface area contributed by atoms with Crippen LogP contribution >= 0.6 is 0 Å². The molecule has 0 spiro atoms. The second-order valence-electron chi connectivity index (χ2n) is 5.13. The predicted molar refractivity (Wildman–Crippen MR) is 77.4 cm³/mol. The molecular weight excluding hydrogens is 256 g/mol. The first-order valence-corrected chi connectivity index (χ1v) is 6.74. The van der Waals surface area contributed by atoms with Crippen LogP contribution in [0.15, 0.2) is 24.3 Å². The molecule has 1 aromatic carbocycles. The molecule has 0 radical (unpaired) electrons. The maximum absolute atomic E-state index is 11.2. The number of primary amides is 1. The van der Waals surface area contributed by atoms with Gasteiger partial charge in [0.15, 0.2) is 0 Å². The van der Waals surface area contributed by atoms with Gasteiger partial charge in [0.05, 0.1) is 0 Å². The van der Waals surface area contributed by atoms with Crippen LogP contribution in [0.2, 0.25) is 0 Å². The molecule has 1 aromatic rings. The average molecular weight is 278 g/mol. The van der Waals surface area contributed by atoms with Crippen LogP contribution < -0.4 is 5.73 Å². The van der Waals surface area contributed by atoms with E-state index in [2.05, 4.69) is 18.7 Å². The van der Waals surface area contributed by atoms with Crippen molar-refractivity contribution in [3.05, 3.63) is 35.4 Å². The molecule has 0 unspecified atom stereocenters. The highest BCUT2D eigenvalue weighted by atomic mass is 16.4. The largest absolute Gasteiger partial charge is 0.481 e. The van der Waals surface area contributed by atoms with Gasteiger partial charge >= 0.3 is 5.97 Å². The summed E-state index contributed by atoms with van der Waals surface area (Å²) < 4.78 is 0. The van der Waals surface area contributed by atoms with Crippen LogP contribution in [0, 0.1) is 0 Å². The highest BCUT2D eigenvalue weighted by Gasteiger charge is 2.11. The maximum Gasteiger partial charge on any atom is 0.303 e. The highest BCUT2D eigenvalue weighted by molar-refractivity contribution is 5.92. The van der Waals surface area contributed by atoms with Gasteiger partial charge < -0.3 is 10.8 Å². The summed E-state index contributed by atoms with van der Waals surface area (Å²) in [6.07, 6.45) is 0.785. The topological polar surface area (TPSA) is 83.6 Å². The van der Waals surface area contributed by atoms with E-state index in [0.717, 1.165) is 5.56 Å². The maximum atomic E-state index is 11.2. The van der Waals surface area contributed by atoms with E-state index in [1.165, 1.54) is 0 Å². The van der Waals surface area contributed by atoms with Crippen LogP contribution in [0.3, 0.4) is 0 Å². The van der Waals surface area contributed by atoms with Gasteiger partial charge in [-0.3, -0.25) is 14.5 Å². The van der Waals surface area contributed by atoms with Crippen molar-refractivity contribution in [3.8, 4) is 0 Å². The molecule has 0 atom stereocenters. The zero-order chi connectivity index (χ0) is 15.1. The second-order valence-corrected chi connectivity index (χ2v) is 5.13. The van der Waals surface area contributed by atoms with E-state index in [1.807, 2.05) is 12.1 Å². The van der Waals surface area contributed by atoms with Gasteiger partial charge in [-0.1, -0.05) is 12.1 Å². The van der Waals surface area contributed by atoms with Crippen molar-refractivity contribution >= 4 is 11.9 Å². The molecule has 1 amide bonds. The van der Waals surface area contributed by atoms with Crippen molar-refractivity contribution in [1.82, 2.24) is 4.90 Å². The number of hydrogen-bond donors (Lipinski definition) is 2. The van der Waals surface area contributed by atoms with Crippen LogP contribution in [0.5, 0.6) is 0 Å². The van der Waals surface area contributed by atoms with Gasteiger partial charge in [-0.25, -0.2) is 0 Å². The van der Waals surface area contributed by atoms with Crippen LogP contribution in [0.4, 0.5) is 0 Å².